The molecule has 0 spiro atoms. The molecule has 1 aliphatic rings. The van der Waals surface area contributed by atoms with Crippen molar-refractivity contribution < 1.29 is 0 Å². The highest BCUT2D eigenvalue weighted by Gasteiger charge is 2.19. The summed E-state index contributed by atoms with van der Waals surface area (Å²) in [5, 5.41) is 2.91. The summed E-state index contributed by atoms with van der Waals surface area (Å²) in [5.41, 5.74) is 11.1. The van der Waals surface area contributed by atoms with Crippen LogP contribution in [-0.2, 0) is 13.1 Å². The first kappa shape index (κ1) is 17.1. The number of hydrogen-bond donors (Lipinski definition) is 3. The van der Waals surface area contributed by atoms with E-state index >= 15 is 0 Å². The number of H-pyrrole nitrogens is 1. The number of benzene rings is 1. The van der Waals surface area contributed by atoms with Gasteiger partial charge in [-0.15, -0.1) is 0 Å². The zero-order valence-corrected chi connectivity index (χ0v) is 14.6. The van der Waals surface area contributed by atoms with Crippen LogP contribution in [0.3, 0.4) is 0 Å². The van der Waals surface area contributed by atoms with E-state index in [-0.39, 0.29) is 5.69 Å². The molecule has 1 aromatic carbocycles. The van der Waals surface area contributed by atoms with Gasteiger partial charge in [0.25, 0.3) is 0 Å². The van der Waals surface area contributed by atoms with Crippen molar-refractivity contribution in [1.82, 2.24) is 20.0 Å². The first-order valence-corrected chi connectivity index (χ1v) is 8.48. The lowest BCUT2D eigenvalue weighted by Crippen LogP contribution is -2.36. The van der Waals surface area contributed by atoms with Crippen molar-refractivity contribution in [2.45, 2.75) is 19.5 Å². The molecule has 3 rings (SSSR count). The average Bonchev–Trinajstić information content (AvgIpc) is 2.87. The van der Waals surface area contributed by atoms with Gasteiger partial charge in [0.05, 0.1) is 34.5 Å². The summed E-state index contributed by atoms with van der Waals surface area (Å²) in [6.07, 6.45) is 4.67. The first-order chi connectivity index (χ1) is 11.6. The predicted octanol–water partition coefficient (Wildman–Crippen LogP) is 2.17. The quantitative estimate of drug-likeness (QED) is 0.683. The van der Waals surface area contributed by atoms with Crippen LogP contribution < -0.4 is 16.8 Å². The van der Waals surface area contributed by atoms with Crippen LogP contribution in [0.25, 0.3) is 6.08 Å². The molecule has 1 aromatic heterocycles. The zero-order valence-electron chi connectivity index (χ0n) is 13.1. The van der Waals surface area contributed by atoms with E-state index in [1.54, 1.807) is 10.6 Å². The molecule has 6 nitrogen and oxygen atoms in total. The maximum Gasteiger partial charge on any atom is 0.326 e. The van der Waals surface area contributed by atoms with E-state index in [0.717, 1.165) is 29.9 Å². The van der Waals surface area contributed by atoms with E-state index in [1.165, 1.54) is 0 Å². The summed E-state index contributed by atoms with van der Waals surface area (Å²) < 4.78 is 1.69. The monoisotopic (exact) mass is 367 g/mol. The number of nitrogens with one attached hydrogen (secondary N) is 2. The molecule has 2 heterocycles. The van der Waals surface area contributed by atoms with Crippen LogP contribution in [0.1, 0.15) is 23.4 Å². The Bertz CT molecular complexity index is 811. The van der Waals surface area contributed by atoms with Gasteiger partial charge in [-0.3, -0.25) is 4.57 Å². The number of hydrazine groups is 1. The average molecular weight is 368 g/mol. The van der Waals surface area contributed by atoms with Crippen LogP contribution in [0, 0.1) is 0 Å². The molecule has 0 amide bonds. The molecule has 0 radical (unpaired) electrons. The van der Waals surface area contributed by atoms with Gasteiger partial charge in [-0.2, -0.15) is 0 Å². The Morgan fingerprint density at radius 3 is 2.96 bits per heavy atom. The van der Waals surface area contributed by atoms with Crippen LogP contribution in [0.15, 0.2) is 29.2 Å². The summed E-state index contributed by atoms with van der Waals surface area (Å²) >= 11 is 12.3. The normalized spacial score (nSPS) is 13.4. The largest absolute Gasteiger partial charge is 0.330 e. The number of imidazole rings is 1. The maximum atomic E-state index is 12.3. The number of halogens is 2. The number of rotatable bonds is 6. The number of aromatic amines is 1. The van der Waals surface area contributed by atoms with Gasteiger partial charge in [0.2, 0.25) is 0 Å². The third-order valence-corrected chi connectivity index (χ3v) is 4.78. The second kappa shape index (κ2) is 7.44. The van der Waals surface area contributed by atoms with Crippen LogP contribution in [-0.4, -0.2) is 27.6 Å². The van der Waals surface area contributed by atoms with Crippen LogP contribution >= 0.6 is 23.2 Å². The standard InChI is InChI=1S/C16H19Cl2N5O/c17-12-4-1-3-11(15(12)18)9-23-14-10-22(20-7-2-6-19)8-5-13(14)21-16(23)24/h1,3-5,8,20H,2,6-7,9-10,19H2,(H,21,24). The minimum atomic E-state index is -0.162. The second-order valence-corrected chi connectivity index (χ2v) is 6.37. The van der Waals surface area contributed by atoms with Gasteiger partial charge in [-0.25, -0.2) is 10.2 Å². The van der Waals surface area contributed by atoms with E-state index in [2.05, 4.69) is 10.4 Å². The molecule has 0 saturated heterocycles. The highest BCUT2D eigenvalue weighted by Crippen LogP contribution is 2.26. The number of hydrogen-bond acceptors (Lipinski definition) is 4. The maximum absolute atomic E-state index is 12.3. The van der Waals surface area contributed by atoms with Gasteiger partial charge < -0.3 is 15.7 Å². The Morgan fingerprint density at radius 2 is 2.17 bits per heavy atom. The minimum absolute atomic E-state index is 0.162. The van der Waals surface area contributed by atoms with E-state index in [1.807, 2.05) is 29.4 Å². The lowest BCUT2D eigenvalue weighted by atomic mass is 10.2. The van der Waals surface area contributed by atoms with Crippen molar-refractivity contribution >= 4 is 29.3 Å². The van der Waals surface area contributed by atoms with Crippen LogP contribution in [0.5, 0.6) is 0 Å². The van der Waals surface area contributed by atoms with Gasteiger partial charge in [-0.1, -0.05) is 35.3 Å². The predicted molar refractivity (Wildman–Crippen MR) is 96.9 cm³/mol. The van der Waals surface area contributed by atoms with Crippen molar-refractivity contribution in [2.75, 3.05) is 13.1 Å². The fourth-order valence-electron chi connectivity index (χ4n) is 2.65. The minimum Gasteiger partial charge on any atom is -0.330 e. The summed E-state index contributed by atoms with van der Waals surface area (Å²) in [6.45, 7) is 2.37. The van der Waals surface area contributed by atoms with Crippen LogP contribution in [0.2, 0.25) is 10.0 Å². The molecular weight excluding hydrogens is 349 g/mol. The fourth-order valence-corrected chi connectivity index (χ4v) is 3.03. The van der Waals surface area contributed by atoms with Gasteiger partial charge in [0.15, 0.2) is 0 Å². The molecule has 0 saturated carbocycles. The molecule has 0 fully saturated rings. The number of fused-ring (bicyclic) bond motifs is 1. The molecule has 0 atom stereocenters. The summed E-state index contributed by atoms with van der Waals surface area (Å²) in [5.74, 6) is 0. The fraction of sp³-hybridized carbons (Fsp3) is 0.312. The Morgan fingerprint density at radius 1 is 1.33 bits per heavy atom. The molecule has 128 valence electrons. The number of aromatic nitrogens is 2. The molecule has 24 heavy (non-hydrogen) atoms. The molecule has 0 aliphatic carbocycles. The molecular formula is C16H19Cl2N5O. The highest BCUT2D eigenvalue weighted by atomic mass is 35.5. The molecule has 2 aromatic rings. The molecule has 1 aliphatic heterocycles. The number of nitrogens with two attached hydrogens (primary N) is 1. The van der Waals surface area contributed by atoms with Crippen molar-refractivity contribution in [3.63, 3.8) is 0 Å². The van der Waals surface area contributed by atoms with Crippen molar-refractivity contribution in [1.29, 1.82) is 0 Å². The molecule has 8 heteroatoms. The molecule has 4 N–H and O–H groups in total. The summed E-state index contributed by atoms with van der Waals surface area (Å²) in [6, 6.07) is 5.43. The van der Waals surface area contributed by atoms with Gasteiger partial charge in [0, 0.05) is 12.7 Å². The number of nitrogens with zero attached hydrogens (tertiary/aromatic N) is 2. The topological polar surface area (TPSA) is 79.1 Å². The third-order valence-electron chi connectivity index (χ3n) is 3.92. The van der Waals surface area contributed by atoms with Gasteiger partial charge in [0.1, 0.15) is 0 Å². The Hall–Kier alpha value is -1.73. The Kier molecular flexibility index (Phi) is 5.30. The highest BCUT2D eigenvalue weighted by molar-refractivity contribution is 6.42. The zero-order chi connectivity index (χ0) is 17.1. The van der Waals surface area contributed by atoms with Gasteiger partial charge in [-0.05, 0) is 30.7 Å². The SMILES string of the molecule is NCCCNN1C=Cc2[nH]c(=O)n(Cc3cccc(Cl)c3Cl)c2C1. The molecule has 0 unspecified atom stereocenters. The van der Waals surface area contributed by atoms with Crippen molar-refractivity contribution in [3.05, 3.63) is 61.9 Å². The van der Waals surface area contributed by atoms with E-state index in [0.29, 0.717) is 29.7 Å². The lowest BCUT2D eigenvalue weighted by molar-refractivity contribution is 0.253. The van der Waals surface area contributed by atoms with E-state index in [4.69, 9.17) is 28.9 Å². The third kappa shape index (κ3) is 3.52. The second-order valence-electron chi connectivity index (χ2n) is 5.58. The molecule has 0 bridgehead atoms. The lowest BCUT2D eigenvalue weighted by Gasteiger charge is -2.25. The van der Waals surface area contributed by atoms with Crippen molar-refractivity contribution in [3.8, 4) is 0 Å². The van der Waals surface area contributed by atoms with Crippen molar-refractivity contribution in [2.24, 2.45) is 5.73 Å². The van der Waals surface area contributed by atoms with E-state index < -0.39 is 0 Å². The van der Waals surface area contributed by atoms with Crippen LogP contribution in [0.4, 0.5) is 0 Å². The summed E-state index contributed by atoms with van der Waals surface area (Å²) in [7, 11) is 0. The Labute approximate surface area is 149 Å². The first-order valence-electron chi connectivity index (χ1n) is 7.73. The van der Waals surface area contributed by atoms with Gasteiger partial charge >= 0.3 is 5.69 Å². The smallest absolute Gasteiger partial charge is 0.326 e. The van der Waals surface area contributed by atoms with E-state index in [9.17, 15) is 4.79 Å². The Balaban J connectivity index is 1.84. The summed E-state index contributed by atoms with van der Waals surface area (Å²) in [4.78, 5) is 15.2.